The molecule has 21 heavy (non-hydrogen) atoms. The molecular weight excluding hydrogens is 272 g/mol. The molecule has 1 saturated heterocycles. The number of non-ortho nitro benzene ring substituents is 1. The van der Waals surface area contributed by atoms with Gasteiger partial charge in [0.1, 0.15) is 6.07 Å². The van der Waals surface area contributed by atoms with E-state index >= 15 is 0 Å². The molecule has 1 heterocycles. The van der Waals surface area contributed by atoms with Gasteiger partial charge in [-0.25, -0.2) is 0 Å². The molecule has 1 aliphatic heterocycles. The van der Waals surface area contributed by atoms with Crippen molar-refractivity contribution >= 4 is 11.4 Å². The summed E-state index contributed by atoms with van der Waals surface area (Å²) in [4.78, 5) is 14.7. The van der Waals surface area contributed by atoms with E-state index in [0.29, 0.717) is 12.2 Å². The van der Waals surface area contributed by atoms with Gasteiger partial charge in [0.25, 0.3) is 5.69 Å². The van der Waals surface area contributed by atoms with E-state index in [-0.39, 0.29) is 5.69 Å². The summed E-state index contributed by atoms with van der Waals surface area (Å²) in [5, 5.41) is 20.0. The van der Waals surface area contributed by atoms with Crippen molar-refractivity contribution in [2.45, 2.75) is 0 Å². The SMILES string of the molecule is COCCN1CCN(c2ccc([N+](=O)[O-])cc2C#N)CC1. The standard InChI is InChI=1S/C14H18N4O3/c1-21-9-8-16-4-6-17(7-5-16)14-3-2-13(18(19)20)10-12(14)11-15/h2-3,10H,4-9H2,1H3. The maximum absolute atomic E-state index is 10.8. The van der Waals surface area contributed by atoms with E-state index in [9.17, 15) is 15.4 Å². The average Bonchev–Trinajstić information content (AvgIpc) is 2.52. The monoisotopic (exact) mass is 290 g/mol. The van der Waals surface area contributed by atoms with E-state index in [1.807, 2.05) is 0 Å². The van der Waals surface area contributed by atoms with Gasteiger partial charge in [0.05, 0.1) is 22.8 Å². The van der Waals surface area contributed by atoms with Crippen LogP contribution in [0, 0.1) is 21.4 Å². The Morgan fingerprint density at radius 1 is 1.38 bits per heavy atom. The van der Waals surface area contributed by atoms with Crippen molar-refractivity contribution in [3.8, 4) is 6.07 Å². The van der Waals surface area contributed by atoms with Gasteiger partial charge in [-0.15, -0.1) is 0 Å². The molecule has 0 N–H and O–H groups in total. The Hall–Kier alpha value is -2.17. The minimum atomic E-state index is -0.479. The van der Waals surface area contributed by atoms with E-state index in [2.05, 4.69) is 15.9 Å². The number of rotatable bonds is 5. The number of benzene rings is 1. The van der Waals surface area contributed by atoms with Crippen LogP contribution in [0.1, 0.15) is 5.56 Å². The van der Waals surface area contributed by atoms with Gasteiger partial charge >= 0.3 is 0 Å². The number of nitro benzene ring substituents is 1. The van der Waals surface area contributed by atoms with Crippen LogP contribution in [0.4, 0.5) is 11.4 Å². The van der Waals surface area contributed by atoms with Crippen LogP contribution in [-0.4, -0.2) is 56.3 Å². The highest BCUT2D eigenvalue weighted by atomic mass is 16.6. The van der Waals surface area contributed by atoms with Gasteiger partial charge in [0, 0.05) is 52.0 Å². The summed E-state index contributed by atoms with van der Waals surface area (Å²) >= 11 is 0. The van der Waals surface area contributed by atoms with E-state index in [1.165, 1.54) is 12.1 Å². The van der Waals surface area contributed by atoms with Gasteiger partial charge in [-0.1, -0.05) is 0 Å². The first-order chi connectivity index (χ1) is 10.2. The van der Waals surface area contributed by atoms with Gasteiger partial charge < -0.3 is 9.64 Å². The van der Waals surface area contributed by atoms with E-state index < -0.39 is 4.92 Å². The van der Waals surface area contributed by atoms with Crippen molar-refractivity contribution in [1.82, 2.24) is 4.90 Å². The topological polar surface area (TPSA) is 82.6 Å². The lowest BCUT2D eigenvalue weighted by Crippen LogP contribution is -2.47. The zero-order valence-corrected chi connectivity index (χ0v) is 12.0. The quantitative estimate of drug-likeness (QED) is 0.599. The summed E-state index contributed by atoms with van der Waals surface area (Å²) in [5.41, 5.74) is 1.08. The third kappa shape index (κ3) is 3.68. The van der Waals surface area contributed by atoms with Crippen LogP contribution in [0.2, 0.25) is 0 Å². The molecule has 2 rings (SSSR count). The van der Waals surface area contributed by atoms with Crippen molar-refractivity contribution in [3.63, 3.8) is 0 Å². The number of piperazine rings is 1. The maximum atomic E-state index is 10.8. The predicted molar refractivity (Wildman–Crippen MR) is 78.3 cm³/mol. The molecular formula is C14H18N4O3. The first kappa shape index (κ1) is 15.2. The molecule has 7 heteroatoms. The van der Waals surface area contributed by atoms with Crippen LogP contribution in [0.25, 0.3) is 0 Å². The highest BCUT2D eigenvalue weighted by Gasteiger charge is 2.20. The van der Waals surface area contributed by atoms with Gasteiger partial charge in [0.2, 0.25) is 0 Å². The molecule has 0 spiro atoms. The summed E-state index contributed by atoms with van der Waals surface area (Å²) in [6, 6.07) is 6.51. The number of methoxy groups -OCH3 is 1. The van der Waals surface area contributed by atoms with Crippen LogP contribution >= 0.6 is 0 Å². The fourth-order valence-corrected chi connectivity index (χ4v) is 2.44. The minimum Gasteiger partial charge on any atom is -0.383 e. The van der Waals surface area contributed by atoms with Crippen molar-refractivity contribution in [3.05, 3.63) is 33.9 Å². The van der Waals surface area contributed by atoms with Crippen molar-refractivity contribution < 1.29 is 9.66 Å². The number of nitrogens with zero attached hydrogens (tertiary/aromatic N) is 4. The largest absolute Gasteiger partial charge is 0.383 e. The molecule has 0 amide bonds. The smallest absolute Gasteiger partial charge is 0.270 e. The third-order valence-electron chi connectivity index (χ3n) is 3.64. The molecule has 1 aliphatic rings. The van der Waals surface area contributed by atoms with Gasteiger partial charge in [-0.2, -0.15) is 5.26 Å². The fourth-order valence-electron chi connectivity index (χ4n) is 2.44. The molecule has 0 atom stereocenters. The van der Waals surface area contributed by atoms with Gasteiger partial charge in [-0.05, 0) is 6.07 Å². The highest BCUT2D eigenvalue weighted by Crippen LogP contribution is 2.25. The van der Waals surface area contributed by atoms with E-state index in [1.54, 1.807) is 13.2 Å². The number of hydrogen-bond donors (Lipinski definition) is 0. The van der Waals surface area contributed by atoms with Gasteiger partial charge in [0.15, 0.2) is 0 Å². The van der Waals surface area contributed by atoms with Crippen molar-refractivity contribution in [1.29, 1.82) is 5.26 Å². The predicted octanol–water partition coefficient (Wildman–Crippen LogP) is 1.23. The Labute approximate surface area is 123 Å². The maximum Gasteiger partial charge on any atom is 0.270 e. The molecule has 0 saturated carbocycles. The number of anilines is 1. The Morgan fingerprint density at radius 3 is 2.67 bits per heavy atom. The van der Waals surface area contributed by atoms with Gasteiger partial charge in [-0.3, -0.25) is 15.0 Å². The first-order valence-electron chi connectivity index (χ1n) is 6.80. The molecule has 1 fully saturated rings. The van der Waals surface area contributed by atoms with Crippen molar-refractivity contribution in [2.75, 3.05) is 51.3 Å². The molecule has 0 unspecified atom stereocenters. The highest BCUT2D eigenvalue weighted by molar-refractivity contribution is 5.63. The molecule has 0 radical (unpaired) electrons. The summed E-state index contributed by atoms with van der Waals surface area (Å²) in [6.45, 7) is 5.00. The minimum absolute atomic E-state index is 0.0472. The molecule has 1 aromatic rings. The van der Waals surface area contributed by atoms with Crippen LogP contribution < -0.4 is 4.90 Å². The number of ether oxygens (including phenoxy) is 1. The Balaban J connectivity index is 2.06. The molecule has 112 valence electrons. The fraction of sp³-hybridized carbons (Fsp3) is 0.500. The Kier molecular flexibility index (Phi) is 5.09. The second-order valence-electron chi connectivity index (χ2n) is 4.89. The molecule has 0 bridgehead atoms. The Bertz CT molecular complexity index is 548. The lowest BCUT2D eigenvalue weighted by Gasteiger charge is -2.36. The van der Waals surface area contributed by atoms with E-state index in [0.717, 1.165) is 38.4 Å². The zero-order valence-electron chi connectivity index (χ0n) is 12.0. The molecule has 1 aromatic carbocycles. The second kappa shape index (κ2) is 7.02. The average molecular weight is 290 g/mol. The van der Waals surface area contributed by atoms with Crippen LogP contribution in [-0.2, 0) is 4.74 Å². The van der Waals surface area contributed by atoms with Crippen LogP contribution in [0.5, 0.6) is 0 Å². The van der Waals surface area contributed by atoms with E-state index in [4.69, 9.17) is 4.74 Å². The molecule has 0 aliphatic carbocycles. The summed E-state index contributed by atoms with van der Waals surface area (Å²) < 4.78 is 5.07. The summed E-state index contributed by atoms with van der Waals surface area (Å²) in [6.07, 6.45) is 0. The number of nitriles is 1. The second-order valence-corrected chi connectivity index (χ2v) is 4.89. The third-order valence-corrected chi connectivity index (χ3v) is 3.64. The lowest BCUT2D eigenvalue weighted by atomic mass is 10.1. The van der Waals surface area contributed by atoms with Crippen molar-refractivity contribution in [2.24, 2.45) is 0 Å². The summed E-state index contributed by atoms with van der Waals surface area (Å²) in [7, 11) is 1.69. The molecule has 0 aromatic heterocycles. The lowest BCUT2D eigenvalue weighted by molar-refractivity contribution is -0.384. The normalized spacial score (nSPS) is 15.7. The number of nitro groups is 1. The van der Waals surface area contributed by atoms with Crippen LogP contribution in [0.15, 0.2) is 18.2 Å². The zero-order chi connectivity index (χ0) is 15.2. The Morgan fingerprint density at radius 2 is 2.10 bits per heavy atom. The number of hydrogen-bond acceptors (Lipinski definition) is 6. The van der Waals surface area contributed by atoms with Crippen LogP contribution in [0.3, 0.4) is 0 Å². The summed E-state index contributed by atoms with van der Waals surface area (Å²) in [5.74, 6) is 0. The molecule has 7 nitrogen and oxygen atoms in total. The first-order valence-corrected chi connectivity index (χ1v) is 6.80.